The largest absolute Gasteiger partial charge is 0.393 e. The first-order valence-corrected chi connectivity index (χ1v) is 5.49. The molecule has 1 aliphatic rings. The van der Waals surface area contributed by atoms with Crippen molar-refractivity contribution in [2.75, 3.05) is 0 Å². The summed E-state index contributed by atoms with van der Waals surface area (Å²) in [6.45, 7) is 1.95. The molecule has 1 N–H and O–H groups in total. The zero-order valence-electron chi connectivity index (χ0n) is 8.26. The van der Waals surface area contributed by atoms with Crippen LogP contribution < -0.4 is 0 Å². The van der Waals surface area contributed by atoms with Crippen molar-refractivity contribution in [3.63, 3.8) is 0 Å². The molecule has 1 aliphatic carbocycles. The molecule has 0 heterocycles. The minimum absolute atomic E-state index is 0.0805. The maximum atomic E-state index is 9.49. The molecule has 72 valence electrons. The van der Waals surface area contributed by atoms with Gasteiger partial charge in [0.25, 0.3) is 0 Å². The van der Waals surface area contributed by atoms with Gasteiger partial charge >= 0.3 is 0 Å². The van der Waals surface area contributed by atoms with Gasteiger partial charge in [0.05, 0.1) is 6.10 Å². The summed E-state index contributed by atoms with van der Waals surface area (Å²) in [7, 11) is 0. The smallest absolute Gasteiger partial charge is 0.0540 e. The SMILES string of the molecule is CC(O)C1CCCCCCCC1. The lowest BCUT2D eigenvalue weighted by molar-refractivity contribution is 0.112. The van der Waals surface area contributed by atoms with Crippen molar-refractivity contribution in [1.29, 1.82) is 0 Å². The van der Waals surface area contributed by atoms with E-state index in [4.69, 9.17) is 0 Å². The molecule has 1 nitrogen and oxygen atoms in total. The number of aliphatic hydroxyl groups excluding tert-OH is 1. The van der Waals surface area contributed by atoms with Gasteiger partial charge in [-0.05, 0) is 25.7 Å². The molecule has 1 atom stereocenters. The van der Waals surface area contributed by atoms with Gasteiger partial charge in [-0.1, -0.05) is 38.5 Å². The number of aliphatic hydroxyl groups is 1. The molecule has 1 rings (SSSR count). The monoisotopic (exact) mass is 170 g/mol. The summed E-state index contributed by atoms with van der Waals surface area (Å²) >= 11 is 0. The summed E-state index contributed by atoms with van der Waals surface area (Å²) in [5.74, 6) is 0.586. The Bertz CT molecular complexity index is 99.6. The second-order valence-electron chi connectivity index (χ2n) is 4.20. The highest BCUT2D eigenvalue weighted by molar-refractivity contribution is 4.67. The quantitative estimate of drug-likeness (QED) is 0.641. The highest BCUT2D eigenvalue weighted by atomic mass is 16.3. The van der Waals surface area contributed by atoms with E-state index < -0.39 is 0 Å². The fourth-order valence-corrected chi connectivity index (χ4v) is 2.15. The van der Waals surface area contributed by atoms with Crippen LogP contribution in [0, 0.1) is 5.92 Å². The molecular weight excluding hydrogens is 148 g/mol. The normalized spacial score (nSPS) is 25.5. The van der Waals surface area contributed by atoms with Crippen LogP contribution in [-0.2, 0) is 0 Å². The molecule has 0 amide bonds. The highest BCUT2D eigenvalue weighted by Crippen LogP contribution is 2.23. The second kappa shape index (κ2) is 5.58. The molecule has 1 fully saturated rings. The van der Waals surface area contributed by atoms with Gasteiger partial charge in [-0.3, -0.25) is 0 Å². The van der Waals surface area contributed by atoms with Crippen LogP contribution in [0.2, 0.25) is 0 Å². The Balaban J connectivity index is 2.28. The first-order valence-electron chi connectivity index (χ1n) is 5.49. The summed E-state index contributed by atoms with van der Waals surface area (Å²) in [6.07, 6.45) is 10.6. The first-order chi connectivity index (χ1) is 5.80. The Morgan fingerprint density at radius 2 is 1.33 bits per heavy atom. The van der Waals surface area contributed by atoms with Crippen LogP contribution in [0.25, 0.3) is 0 Å². The van der Waals surface area contributed by atoms with Crippen LogP contribution in [0.5, 0.6) is 0 Å². The molecule has 0 spiro atoms. The summed E-state index contributed by atoms with van der Waals surface area (Å²) in [5, 5.41) is 9.49. The van der Waals surface area contributed by atoms with Gasteiger partial charge in [0.15, 0.2) is 0 Å². The Labute approximate surface area is 76.2 Å². The van der Waals surface area contributed by atoms with Gasteiger partial charge in [-0.25, -0.2) is 0 Å². The van der Waals surface area contributed by atoms with Gasteiger partial charge < -0.3 is 5.11 Å². The second-order valence-corrected chi connectivity index (χ2v) is 4.20. The van der Waals surface area contributed by atoms with E-state index in [0.29, 0.717) is 5.92 Å². The van der Waals surface area contributed by atoms with E-state index in [0.717, 1.165) is 0 Å². The third-order valence-electron chi connectivity index (χ3n) is 3.08. The summed E-state index contributed by atoms with van der Waals surface area (Å²) in [5.41, 5.74) is 0. The minimum Gasteiger partial charge on any atom is -0.393 e. The van der Waals surface area contributed by atoms with Crippen LogP contribution in [0.3, 0.4) is 0 Å². The molecule has 1 heteroatoms. The maximum Gasteiger partial charge on any atom is 0.0540 e. The fourth-order valence-electron chi connectivity index (χ4n) is 2.15. The summed E-state index contributed by atoms with van der Waals surface area (Å²) < 4.78 is 0. The van der Waals surface area contributed by atoms with E-state index in [2.05, 4.69) is 0 Å². The zero-order valence-corrected chi connectivity index (χ0v) is 8.26. The van der Waals surface area contributed by atoms with Gasteiger partial charge in [0, 0.05) is 0 Å². The van der Waals surface area contributed by atoms with Crippen LogP contribution in [0.15, 0.2) is 0 Å². The van der Waals surface area contributed by atoms with Gasteiger partial charge in [0.2, 0.25) is 0 Å². The van der Waals surface area contributed by atoms with E-state index >= 15 is 0 Å². The van der Waals surface area contributed by atoms with E-state index in [9.17, 15) is 5.11 Å². The first kappa shape index (κ1) is 10.0. The molecular formula is C11H22O. The molecule has 0 aromatic carbocycles. The van der Waals surface area contributed by atoms with Crippen molar-refractivity contribution < 1.29 is 5.11 Å². The van der Waals surface area contributed by atoms with Crippen LogP contribution in [-0.4, -0.2) is 11.2 Å². The van der Waals surface area contributed by atoms with E-state index in [1.807, 2.05) is 6.92 Å². The van der Waals surface area contributed by atoms with E-state index in [1.165, 1.54) is 51.4 Å². The van der Waals surface area contributed by atoms with Crippen molar-refractivity contribution in [1.82, 2.24) is 0 Å². The molecule has 0 saturated heterocycles. The van der Waals surface area contributed by atoms with E-state index in [1.54, 1.807) is 0 Å². The maximum absolute atomic E-state index is 9.49. The molecule has 0 aliphatic heterocycles. The predicted molar refractivity (Wildman–Crippen MR) is 52.1 cm³/mol. The zero-order chi connectivity index (χ0) is 8.81. The Hall–Kier alpha value is -0.0400. The molecule has 0 radical (unpaired) electrons. The lowest BCUT2D eigenvalue weighted by Gasteiger charge is -2.18. The number of hydrogen-bond acceptors (Lipinski definition) is 1. The molecule has 12 heavy (non-hydrogen) atoms. The minimum atomic E-state index is -0.0805. The molecule has 0 bridgehead atoms. The summed E-state index contributed by atoms with van der Waals surface area (Å²) in [4.78, 5) is 0. The van der Waals surface area contributed by atoms with Crippen LogP contribution in [0.4, 0.5) is 0 Å². The molecule has 0 aromatic heterocycles. The van der Waals surface area contributed by atoms with Gasteiger partial charge in [-0.2, -0.15) is 0 Å². The standard InChI is InChI=1S/C11H22O/c1-10(12)11-8-6-4-2-3-5-7-9-11/h10-12H,2-9H2,1H3. The van der Waals surface area contributed by atoms with Crippen molar-refractivity contribution in [2.45, 2.75) is 64.4 Å². The van der Waals surface area contributed by atoms with Gasteiger partial charge in [0.1, 0.15) is 0 Å². The third kappa shape index (κ3) is 3.57. The third-order valence-corrected chi connectivity index (χ3v) is 3.08. The van der Waals surface area contributed by atoms with Crippen molar-refractivity contribution >= 4 is 0 Å². The predicted octanol–water partition coefficient (Wildman–Crippen LogP) is 3.12. The number of rotatable bonds is 1. The molecule has 1 unspecified atom stereocenters. The van der Waals surface area contributed by atoms with Crippen LogP contribution >= 0.6 is 0 Å². The molecule has 0 aromatic rings. The fraction of sp³-hybridized carbons (Fsp3) is 1.00. The van der Waals surface area contributed by atoms with Crippen molar-refractivity contribution in [3.05, 3.63) is 0 Å². The lowest BCUT2D eigenvalue weighted by Crippen LogP contribution is -2.16. The van der Waals surface area contributed by atoms with Crippen molar-refractivity contribution in [2.24, 2.45) is 5.92 Å². The molecule has 1 saturated carbocycles. The Morgan fingerprint density at radius 3 is 1.75 bits per heavy atom. The topological polar surface area (TPSA) is 20.2 Å². The Morgan fingerprint density at radius 1 is 0.917 bits per heavy atom. The van der Waals surface area contributed by atoms with E-state index in [-0.39, 0.29) is 6.10 Å². The van der Waals surface area contributed by atoms with Crippen LogP contribution in [0.1, 0.15) is 58.3 Å². The summed E-state index contributed by atoms with van der Waals surface area (Å²) in [6, 6.07) is 0. The van der Waals surface area contributed by atoms with Crippen molar-refractivity contribution in [3.8, 4) is 0 Å². The Kier molecular flexibility index (Phi) is 4.67. The average Bonchev–Trinajstić information content (AvgIpc) is 2.15. The number of hydrogen-bond donors (Lipinski definition) is 1. The highest BCUT2D eigenvalue weighted by Gasteiger charge is 2.14. The van der Waals surface area contributed by atoms with Gasteiger partial charge in [-0.15, -0.1) is 0 Å². The lowest BCUT2D eigenvalue weighted by atomic mass is 9.92. The average molecular weight is 170 g/mol.